The molecule has 0 radical (unpaired) electrons. The quantitative estimate of drug-likeness (QED) is 0.618. The second kappa shape index (κ2) is 6.03. The number of carbonyl (C=O) groups is 2. The largest absolute Gasteiger partial charge is 0.507 e. The topological polar surface area (TPSA) is 66.8 Å². The van der Waals surface area contributed by atoms with Crippen LogP contribution in [0, 0.1) is 11.8 Å². The second-order valence-electron chi connectivity index (χ2n) is 5.52. The predicted octanol–water partition coefficient (Wildman–Crippen LogP) is 2.36. The SMILES string of the molecule is CC(CS)C(=O)N1[C@H](OC(=O)O)C[C@@H]2CCCC[C@@H]21. The number of likely N-dealkylation sites (tertiary alicyclic amines) is 1. The third kappa shape index (κ3) is 2.99. The molecule has 6 heteroatoms. The summed E-state index contributed by atoms with van der Waals surface area (Å²) in [5.74, 6) is 0.612. The maximum Gasteiger partial charge on any atom is 0.507 e. The summed E-state index contributed by atoms with van der Waals surface area (Å²) < 4.78 is 4.93. The predicted molar refractivity (Wildman–Crippen MR) is 73.1 cm³/mol. The van der Waals surface area contributed by atoms with Crippen LogP contribution in [0.2, 0.25) is 0 Å². The van der Waals surface area contributed by atoms with Gasteiger partial charge in [0.05, 0.1) is 0 Å². The van der Waals surface area contributed by atoms with Gasteiger partial charge in [0.25, 0.3) is 0 Å². The van der Waals surface area contributed by atoms with Gasteiger partial charge in [-0.05, 0) is 18.8 Å². The van der Waals surface area contributed by atoms with E-state index in [1.165, 1.54) is 0 Å². The fourth-order valence-corrected chi connectivity index (χ4v) is 3.43. The Morgan fingerprint density at radius 2 is 2.11 bits per heavy atom. The molecule has 1 saturated carbocycles. The molecule has 1 aliphatic heterocycles. The van der Waals surface area contributed by atoms with Crippen LogP contribution in [0.25, 0.3) is 0 Å². The Morgan fingerprint density at radius 3 is 2.74 bits per heavy atom. The standard InChI is InChI=1S/C13H21NO4S/c1-8(7-19)12(15)14-10-5-3-2-4-9(10)6-11(14)18-13(16)17/h8-11,19H,2-7H2,1H3,(H,16,17)/t8?,9-,10-,11+/m0/s1. The molecule has 5 nitrogen and oxygen atoms in total. The van der Waals surface area contributed by atoms with Crippen LogP contribution in [-0.2, 0) is 9.53 Å². The highest BCUT2D eigenvalue weighted by Crippen LogP contribution is 2.40. The van der Waals surface area contributed by atoms with E-state index in [2.05, 4.69) is 12.6 Å². The lowest BCUT2D eigenvalue weighted by Crippen LogP contribution is -2.47. The normalized spacial score (nSPS) is 31.7. The molecule has 1 N–H and O–H groups in total. The Bertz CT molecular complexity index is 363. The van der Waals surface area contributed by atoms with Crippen LogP contribution < -0.4 is 0 Å². The summed E-state index contributed by atoms with van der Waals surface area (Å²) in [7, 11) is 0. The Hall–Kier alpha value is -0.910. The zero-order chi connectivity index (χ0) is 14.0. The summed E-state index contributed by atoms with van der Waals surface area (Å²) >= 11 is 4.16. The van der Waals surface area contributed by atoms with Gasteiger partial charge in [0.1, 0.15) is 0 Å². The fraction of sp³-hybridized carbons (Fsp3) is 0.846. The van der Waals surface area contributed by atoms with E-state index in [0.29, 0.717) is 18.1 Å². The first-order valence-electron chi connectivity index (χ1n) is 6.87. The van der Waals surface area contributed by atoms with Crippen molar-refractivity contribution in [3.8, 4) is 0 Å². The number of ether oxygens (including phenoxy) is 1. The van der Waals surface area contributed by atoms with Crippen LogP contribution in [0.4, 0.5) is 4.79 Å². The lowest BCUT2D eigenvalue weighted by Gasteiger charge is -2.34. The van der Waals surface area contributed by atoms with Gasteiger partial charge in [-0.2, -0.15) is 12.6 Å². The van der Waals surface area contributed by atoms with Gasteiger partial charge in [-0.25, -0.2) is 4.79 Å². The minimum atomic E-state index is -1.31. The summed E-state index contributed by atoms with van der Waals surface area (Å²) in [6.07, 6.45) is 2.99. The van der Waals surface area contributed by atoms with Crippen LogP contribution in [0.1, 0.15) is 39.0 Å². The summed E-state index contributed by atoms with van der Waals surface area (Å²) in [4.78, 5) is 24.9. The van der Waals surface area contributed by atoms with Gasteiger partial charge >= 0.3 is 6.16 Å². The average Bonchev–Trinajstić information content (AvgIpc) is 2.73. The van der Waals surface area contributed by atoms with Crippen molar-refractivity contribution in [3.63, 3.8) is 0 Å². The molecular formula is C13H21NO4S. The van der Waals surface area contributed by atoms with Crippen molar-refractivity contribution < 1.29 is 19.4 Å². The van der Waals surface area contributed by atoms with E-state index in [9.17, 15) is 9.59 Å². The maximum absolute atomic E-state index is 12.4. The summed E-state index contributed by atoms with van der Waals surface area (Å²) in [6, 6.07) is 0.146. The number of rotatable bonds is 3. The highest BCUT2D eigenvalue weighted by Gasteiger charge is 2.47. The van der Waals surface area contributed by atoms with E-state index in [-0.39, 0.29) is 17.9 Å². The van der Waals surface area contributed by atoms with Crippen molar-refractivity contribution >= 4 is 24.7 Å². The van der Waals surface area contributed by atoms with Crippen molar-refractivity contribution in [3.05, 3.63) is 0 Å². The molecular weight excluding hydrogens is 266 g/mol. The van der Waals surface area contributed by atoms with E-state index in [4.69, 9.17) is 9.84 Å². The van der Waals surface area contributed by atoms with Gasteiger partial charge in [-0.3, -0.25) is 4.79 Å². The van der Waals surface area contributed by atoms with Crippen molar-refractivity contribution in [2.45, 2.75) is 51.3 Å². The van der Waals surface area contributed by atoms with Crippen LogP contribution in [0.15, 0.2) is 0 Å². The molecule has 19 heavy (non-hydrogen) atoms. The van der Waals surface area contributed by atoms with Gasteiger partial charge in [-0.15, -0.1) is 0 Å². The van der Waals surface area contributed by atoms with Crippen molar-refractivity contribution in [2.24, 2.45) is 11.8 Å². The number of hydrogen-bond donors (Lipinski definition) is 2. The number of hydrogen-bond acceptors (Lipinski definition) is 4. The Morgan fingerprint density at radius 1 is 1.42 bits per heavy atom. The first-order chi connectivity index (χ1) is 9.04. The molecule has 1 aliphatic carbocycles. The van der Waals surface area contributed by atoms with E-state index < -0.39 is 12.4 Å². The first kappa shape index (κ1) is 14.5. The van der Waals surface area contributed by atoms with Crippen molar-refractivity contribution in [2.75, 3.05) is 5.75 Å². The van der Waals surface area contributed by atoms with E-state index in [0.717, 1.165) is 25.7 Å². The molecule has 0 spiro atoms. The van der Waals surface area contributed by atoms with E-state index >= 15 is 0 Å². The number of fused-ring (bicyclic) bond motifs is 1. The van der Waals surface area contributed by atoms with Gasteiger partial charge < -0.3 is 14.7 Å². The highest BCUT2D eigenvalue weighted by atomic mass is 32.1. The minimum Gasteiger partial charge on any atom is -0.450 e. The number of amides is 1. The van der Waals surface area contributed by atoms with Crippen LogP contribution in [0.5, 0.6) is 0 Å². The van der Waals surface area contributed by atoms with Gasteiger partial charge in [-0.1, -0.05) is 19.8 Å². The molecule has 1 saturated heterocycles. The molecule has 4 atom stereocenters. The second-order valence-corrected chi connectivity index (χ2v) is 5.88. The third-order valence-corrected chi connectivity index (χ3v) is 4.78. The zero-order valence-corrected chi connectivity index (χ0v) is 12.0. The fourth-order valence-electron chi connectivity index (χ4n) is 3.27. The van der Waals surface area contributed by atoms with E-state index in [1.807, 2.05) is 6.92 Å². The molecule has 0 bridgehead atoms. The minimum absolute atomic E-state index is 0.0318. The van der Waals surface area contributed by atoms with Crippen LogP contribution >= 0.6 is 12.6 Å². The first-order valence-corrected chi connectivity index (χ1v) is 7.50. The van der Waals surface area contributed by atoms with Crippen LogP contribution in [0.3, 0.4) is 0 Å². The Labute approximate surface area is 118 Å². The summed E-state index contributed by atoms with van der Waals surface area (Å²) in [5, 5.41) is 8.83. The van der Waals surface area contributed by atoms with E-state index in [1.54, 1.807) is 4.90 Å². The maximum atomic E-state index is 12.4. The lowest BCUT2D eigenvalue weighted by molar-refractivity contribution is -0.145. The van der Waals surface area contributed by atoms with Gasteiger partial charge in [0.15, 0.2) is 6.23 Å². The highest BCUT2D eigenvalue weighted by molar-refractivity contribution is 7.80. The summed E-state index contributed by atoms with van der Waals surface area (Å²) in [6.45, 7) is 1.82. The third-order valence-electron chi connectivity index (χ3n) is 4.23. The van der Waals surface area contributed by atoms with Crippen LogP contribution in [-0.4, -0.2) is 40.1 Å². The molecule has 2 rings (SSSR count). The Balaban J connectivity index is 2.17. The van der Waals surface area contributed by atoms with Crippen molar-refractivity contribution in [1.82, 2.24) is 4.90 Å². The monoisotopic (exact) mass is 287 g/mol. The van der Waals surface area contributed by atoms with Gasteiger partial charge in [0, 0.05) is 24.1 Å². The molecule has 0 aromatic heterocycles. The molecule has 2 fully saturated rings. The number of thiol groups is 1. The molecule has 1 amide bonds. The molecule has 108 valence electrons. The zero-order valence-electron chi connectivity index (χ0n) is 11.1. The van der Waals surface area contributed by atoms with Gasteiger partial charge in [0.2, 0.25) is 5.91 Å². The molecule has 2 aliphatic rings. The number of carbonyl (C=O) groups excluding carboxylic acids is 1. The average molecular weight is 287 g/mol. The summed E-state index contributed by atoms with van der Waals surface area (Å²) in [5.41, 5.74) is 0. The van der Waals surface area contributed by atoms with Crippen molar-refractivity contribution in [1.29, 1.82) is 0 Å². The molecule has 0 aromatic rings. The molecule has 1 heterocycles. The lowest BCUT2D eigenvalue weighted by atomic mass is 9.85. The smallest absolute Gasteiger partial charge is 0.450 e. The molecule has 1 unspecified atom stereocenters. The number of carboxylic acid groups (broad SMARTS) is 1. The molecule has 0 aromatic carbocycles. The Kier molecular flexibility index (Phi) is 4.60. The number of nitrogens with zero attached hydrogens (tertiary/aromatic N) is 1.